The second-order valence-electron chi connectivity index (χ2n) is 3.77. The van der Waals surface area contributed by atoms with Crippen LogP contribution < -0.4 is 0 Å². The molecule has 0 spiro atoms. The summed E-state index contributed by atoms with van der Waals surface area (Å²) in [4.78, 5) is 50.8. The Balaban J connectivity index is -0.000000336. The molecule has 0 unspecified atom stereocenters. The molecular formula is C19H24O9. The van der Waals surface area contributed by atoms with E-state index in [1.165, 1.54) is 0 Å². The molecule has 0 aromatic heterocycles. The first-order chi connectivity index (χ1) is 13.3. The predicted molar refractivity (Wildman–Crippen MR) is 101 cm³/mol. The molecule has 9 nitrogen and oxygen atoms in total. The Labute approximate surface area is 163 Å². The highest BCUT2D eigenvalue weighted by Crippen LogP contribution is 1.92. The Morgan fingerprint density at radius 3 is 1.32 bits per heavy atom. The van der Waals surface area contributed by atoms with Crippen molar-refractivity contribution in [1.29, 1.82) is 0 Å². The van der Waals surface area contributed by atoms with Crippen molar-refractivity contribution >= 4 is 29.8 Å². The molecular weight excluding hydrogens is 372 g/mol. The van der Waals surface area contributed by atoms with Gasteiger partial charge in [0.25, 0.3) is 0 Å². The number of carbonyl (C=O) groups excluding carboxylic acids is 5. The summed E-state index contributed by atoms with van der Waals surface area (Å²) in [5.41, 5.74) is 0. The molecule has 0 fully saturated rings. The zero-order valence-corrected chi connectivity index (χ0v) is 15.7. The summed E-state index contributed by atoms with van der Waals surface area (Å²) in [5, 5.41) is 0. The van der Waals surface area contributed by atoms with Crippen molar-refractivity contribution in [2.45, 2.75) is 6.92 Å². The Bertz CT molecular complexity index is 550. The molecule has 0 N–H and O–H groups in total. The Morgan fingerprint density at radius 1 is 0.821 bits per heavy atom. The first-order valence-corrected chi connectivity index (χ1v) is 7.62. The standard InChI is InChI=1S/C8H10O4.C5H8O2.C4H2O3.C2H4/c1-3-7(9)11-5-6-12-8(10)4-2;1-3-5(6)7-4-2;5-3-1-2-4(6)7-3;1-2/h3-4H,1-2,5-6H2;3H,1,4H2,2H3;1-2H;1-2H2. The van der Waals surface area contributed by atoms with Gasteiger partial charge in [0.1, 0.15) is 13.2 Å². The summed E-state index contributed by atoms with van der Waals surface area (Å²) >= 11 is 0. The average molecular weight is 396 g/mol. The van der Waals surface area contributed by atoms with Gasteiger partial charge in [-0.2, -0.15) is 0 Å². The van der Waals surface area contributed by atoms with Crippen molar-refractivity contribution < 1.29 is 42.9 Å². The number of cyclic esters (lactones) is 2. The van der Waals surface area contributed by atoms with Crippen LogP contribution in [-0.2, 0) is 42.9 Å². The fraction of sp³-hybridized carbons (Fsp3) is 0.211. The molecule has 0 saturated heterocycles. The second kappa shape index (κ2) is 21.3. The third-order valence-corrected chi connectivity index (χ3v) is 1.92. The van der Waals surface area contributed by atoms with E-state index in [-0.39, 0.29) is 19.2 Å². The van der Waals surface area contributed by atoms with E-state index in [1.807, 2.05) is 0 Å². The fourth-order valence-corrected chi connectivity index (χ4v) is 0.907. The van der Waals surface area contributed by atoms with Crippen molar-refractivity contribution in [3.8, 4) is 0 Å². The Hall–Kier alpha value is -3.75. The van der Waals surface area contributed by atoms with E-state index in [4.69, 9.17) is 0 Å². The SMILES string of the molecule is C=C.C=CC(=O)OCC.C=CC(=O)OCCOC(=O)C=C.O=C1C=CC(=O)O1. The molecule has 0 saturated carbocycles. The van der Waals surface area contributed by atoms with Crippen LogP contribution in [0.5, 0.6) is 0 Å². The van der Waals surface area contributed by atoms with Crippen LogP contribution in [0.3, 0.4) is 0 Å². The molecule has 0 aromatic rings. The van der Waals surface area contributed by atoms with E-state index in [1.54, 1.807) is 6.92 Å². The highest BCUT2D eigenvalue weighted by molar-refractivity contribution is 6.04. The van der Waals surface area contributed by atoms with Crippen molar-refractivity contribution in [1.82, 2.24) is 0 Å². The van der Waals surface area contributed by atoms with Crippen LogP contribution in [-0.4, -0.2) is 49.7 Å². The lowest BCUT2D eigenvalue weighted by atomic mass is 10.6. The van der Waals surface area contributed by atoms with Gasteiger partial charge >= 0.3 is 29.8 Å². The molecule has 1 aliphatic heterocycles. The monoisotopic (exact) mass is 396 g/mol. The number of carbonyl (C=O) groups is 5. The summed E-state index contributed by atoms with van der Waals surface area (Å²) in [6, 6.07) is 0. The van der Waals surface area contributed by atoms with Gasteiger partial charge in [-0.1, -0.05) is 19.7 Å². The number of ether oxygens (including phenoxy) is 4. The maximum Gasteiger partial charge on any atom is 0.338 e. The van der Waals surface area contributed by atoms with Crippen LogP contribution in [0.1, 0.15) is 6.92 Å². The Kier molecular flexibility index (Phi) is 22.1. The van der Waals surface area contributed by atoms with Crippen LogP contribution in [0.2, 0.25) is 0 Å². The minimum Gasteiger partial charge on any atom is -0.463 e. The molecule has 0 atom stereocenters. The molecule has 9 heteroatoms. The molecule has 1 rings (SSSR count). The van der Waals surface area contributed by atoms with E-state index >= 15 is 0 Å². The first-order valence-electron chi connectivity index (χ1n) is 7.62. The summed E-state index contributed by atoms with van der Waals surface area (Å²) in [6.07, 6.45) is 5.39. The van der Waals surface area contributed by atoms with Crippen molar-refractivity contribution in [3.63, 3.8) is 0 Å². The maximum absolute atomic E-state index is 10.4. The van der Waals surface area contributed by atoms with Gasteiger partial charge in [-0.05, 0) is 6.92 Å². The summed E-state index contributed by atoms with van der Waals surface area (Å²) in [6.45, 7) is 17.8. The molecule has 1 heterocycles. The predicted octanol–water partition coefficient (Wildman–Crippen LogP) is 1.61. The third-order valence-electron chi connectivity index (χ3n) is 1.92. The summed E-state index contributed by atoms with van der Waals surface area (Å²) in [7, 11) is 0. The van der Waals surface area contributed by atoms with E-state index in [0.717, 1.165) is 30.4 Å². The molecule has 0 aliphatic carbocycles. The van der Waals surface area contributed by atoms with E-state index in [0.29, 0.717) is 6.61 Å². The van der Waals surface area contributed by atoms with E-state index in [9.17, 15) is 24.0 Å². The number of rotatable bonds is 7. The average Bonchev–Trinajstić information content (AvgIpc) is 3.10. The van der Waals surface area contributed by atoms with Gasteiger partial charge in [-0.15, -0.1) is 13.2 Å². The molecule has 28 heavy (non-hydrogen) atoms. The zero-order chi connectivity index (χ0) is 22.4. The number of hydrogen-bond donors (Lipinski definition) is 0. The van der Waals surface area contributed by atoms with Crippen LogP contribution in [0.4, 0.5) is 0 Å². The van der Waals surface area contributed by atoms with Gasteiger partial charge < -0.3 is 18.9 Å². The van der Waals surface area contributed by atoms with Crippen LogP contribution in [0, 0.1) is 0 Å². The first kappa shape index (κ1) is 29.0. The zero-order valence-electron chi connectivity index (χ0n) is 15.7. The molecule has 0 amide bonds. The molecule has 0 radical (unpaired) electrons. The largest absolute Gasteiger partial charge is 0.463 e. The highest BCUT2D eigenvalue weighted by Gasteiger charge is 2.10. The fourth-order valence-electron chi connectivity index (χ4n) is 0.907. The summed E-state index contributed by atoms with van der Waals surface area (Å²) < 4.78 is 17.4. The molecule has 154 valence electrons. The molecule has 0 aromatic carbocycles. The van der Waals surface area contributed by atoms with Gasteiger partial charge in [0.05, 0.1) is 6.61 Å². The lowest BCUT2D eigenvalue weighted by Gasteiger charge is -2.01. The quantitative estimate of drug-likeness (QED) is 0.158. The van der Waals surface area contributed by atoms with E-state index < -0.39 is 23.9 Å². The maximum atomic E-state index is 10.4. The summed E-state index contributed by atoms with van der Waals surface area (Å²) in [5.74, 6) is -2.59. The van der Waals surface area contributed by atoms with Gasteiger partial charge in [-0.25, -0.2) is 24.0 Å². The van der Waals surface area contributed by atoms with Gasteiger partial charge in [0.15, 0.2) is 0 Å². The van der Waals surface area contributed by atoms with Crippen LogP contribution in [0.15, 0.2) is 63.3 Å². The topological polar surface area (TPSA) is 122 Å². The highest BCUT2D eigenvalue weighted by atomic mass is 16.6. The lowest BCUT2D eigenvalue weighted by molar-refractivity contribution is -0.150. The van der Waals surface area contributed by atoms with Crippen LogP contribution in [0.25, 0.3) is 0 Å². The van der Waals surface area contributed by atoms with Crippen molar-refractivity contribution in [3.05, 3.63) is 63.3 Å². The van der Waals surface area contributed by atoms with Crippen molar-refractivity contribution in [2.24, 2.45) is 0 Å². The number of esters is 5. The lowest BCUT2D eigenvalue weighted by Crippen LogP contribution is -2.10. The normalized spacial score (nSPS) is 10.0. The minimum atomic E-state index is -0.579. The van der Waals surface area contributed by atoms with Gasteiger partial charge in [-0.3, -0.25) is 0 Å². The van der Waals surface area contributed by atoms with Gasteiger partial charge in [0, 0.05) is 30.4 Å². The minimum absolute atomic E-state index is 0.0322. The number of hydrogen-bond acceptors (Lipinski definition) is 9. The third kappa shape index (κ3) is 22.2. The van der Waals surface area contributed by atoms with Gasteiger partial charge in [0.2, 0.25) is 0 Å². The molecule has 1 aliphatic rings. The van der Waals surface area contributed by atoms with E-state index in [2.05, 4.69) is 51.8 Å². The second-order valence-corrected chi connectivity index (χ2v) is 3.77. The van der Waals surface area contributed by atoms with Crippen molar-refractivity contribution in [2.75, 3.05) is 19.8 Å². The molecule has 0 bridgehead atoms. The smallest absolute Gasteiger partial charge is 0.338 e. The van der Waals surface area contributed by atoms with Crippen LogP contribution >= 0.6 is 0 Å². The Morgan fingerprint density at radius 2 is 1.14 bits per heavy atom.